The normalized spacial score (nSPS) is 28.4. The molecule has 0 radical (unpaired) electrons. The van der Waals surface area contributed by atoms with Crippen LogP contribution in [0.2, 0.25) is 5.02 Å². The number of hydrogen-bond donors (Lipinski definition) is 1. The number of ether oxygens (including phenoxy) is 1. The van der Waals surface area contributed by atoms with Gasteiger partial charge < -0.3 is 10.5 Å². The number of benzene rings is 1. The molecule has 0 amide bonds. The van der Waals surface area contributed by atoms with Gasteiger partial charge in [0.05, 0.1) is 6.61 Å². The molecule has 2 nitrogen and oxygen atoms in total. The number of nitrogens with two attached hydrogens (primary N) is 1. The van der Waals surface area contributed by atoms with Gasteiger partial charge in [0.25, 0.3) is 0 Å². The van der Waals surface area contributed by atoms with Crippen molar-refractivity contribution in [2.24, 2.45) is 17.6 Å². The quantitative estimate of drug-likeness (QED) is 0.859. The summed E-state index contributed by atoms with van der Waals surface area (Å²) in [5.41, 5.74) is 8.61. The minimum atomic E-state index is 0.0838. The van der Waals surface area contributed by atoms with Gasteiger partial charge in [-0.05, 0) is 36.0 Å². The topological polar surface area (TPSA) is 35.2 Å². The summed E-state index contributed by atoms with van der Waals surface area (Å²) in [6.07, 6.45) is 2.18. The van der Waals surface area contributed by atoms with E-state index in [0.717, 1.165) is 35.3 Å². The summed E-state index contributed by atoms with van der Waals surface area (Å²) in [7, 11) is 0. The monoisotopic (exact) mass is 237 g/mol. The molecule has 1 heterocycles. The zero-order valence-electron chi connectivity index (χ0n) is 9.37. The molecule has 86 valence electrons. The first-order valence-electron chi connectivity index (χ1n) is 5.87. The maximum atomic E-state index is 6.29. The second-order valence-corrected chi connectivity index (χ2v) is 5.42. The summed E-state index contributed by atoms with van der Waals surface area (Å²) in [4.78, 5) is 0. The lowest BCUT2D eigenvalue weighted by Crippen LogP contribution is -2.14. The van der Waals surface area contributed by atoms with Crippen LogP contribution in [0.25, 0.3) is 0 Å². The molecule has 0 aromatic heterocycles. The van der Waals surface area contributed by atoms with Crippen LogP contribution in [0.5, 0.6) is 5.75 Å². The van der Waals surface area contributed by atoms with Crippen LogP contribution in [0, 0.1) is 11.8 Å². The number of hydrogen-bond acceptors (Lipinski definition) is 2. The van der Waals surface area contributed by atoms with E-state index in [1.165, 1.54) is 12.0 Å². The van der Waals surface area contributed by atoms with Crippen LogP contribution < -0.4 is 10.5 Å². The average Bonchev–Trinajstić information content (AvgIpc) is 2.78. The number of fused-ring (bicyclic) bond motifs is 1. The minimum Gasteiger partial charge on any atom is -0.493 e. The molecule has 3 atom stereocenters. The van der Waals surface area contributed by atoms with Crippen molar-refractivity contribution in [2.45, 2.75) is 25.8 Å². The molecule has 3 heteroatoms. The average molecular weight is 238 g/mol. The largest absolute Gasteiger partial charge is 0.493 e. The second-order valence-electron chi connectivity index (χ2n) is 4.98. The molecule has 0 saturated heterocycles. The van der Waals surface area contributed by atoms with Gasteiger partial charge in [-0.1, -0.05) is 18.5 Å². The fraction of sp³-hybridized carbons (Fsp3) is 0.538. The Hall–Kier alpha value is -0.730. The van der Waals surface area contributed by atoms with E-state index < -0.39 is 0 Å². The zero-order chi connectivity index (χ0) is 11.3. The minimum absolute atomic E-state index is 0.0838. The fourth-order valence-corrected chi connectivity index (χ4v) is 2.88. The first-order chi connectivity index (χ1) is 7.66. The van der Waals surface area contributed by atoms with Crippen molar-refractivity contribution < 1.29 is 4.74 Å². The Morgan fingerprint density at radius 1 is 1.50 bits per heavy atom. The van der Waals surface area contributed by atoms with Gasteiger partial charge in [0.1, 0.15) is 5.75 Å². The van der Waals surface area contributed by atoms with Crippen molar-refractivity contribution in [3.8, 4) is 5.75 Å². The van der Waals surface area contributed by atoms with Crippen LogP contribution in [-0.4, -0.2) is 6.61 Å². The summed E-state index contributed by atoms with van der Waals surface area (Å²) in [6, 6.07) is 4.05. The van der Waals surface area contributed by atoms with E-state index in [9.17, 15) is 0 Å². The summed E-state index contributed by atoms with van der Waals surface area (Å²) in [5.74, 6) is 2.34. The third kappa shape index (κ3) is 1.61. The molecule has 0 bridgehead atoms. The first-order valence-corrected chi connectivity index (χ1v) is 6.25. The third-order valence-corrected chi connectivity index (χ3v) is 3.99. The molecule has 1 aromatic carbocycles. The lowest BCUT2D eigenvalue weighted by Gasteiger charge is -2.15. The first kappa shape index (κ1) is 10.4. The van der Waals surface area contributed by atoms with Crippen molar-refractivity contribution in [2.75, 3.05) is 6.61 Å². The fourth-order valence-electron chi connectivity index (χ4n) is 2.63. The molecule has 2 aliphatic rings. The van der Waals surface area contributed by atoms with E-state index in [1.807, 2.05) is 12.1 Å². The van der Waals surface area contributed by atoms with Gasteiger partial charge in [0.15, 0.2) is 0 Å². The Bertz CT molecular complexity index is 432. The summed E-state index contributed by atoms with van der Waals surface area (Å²) >= 11 is 6.12. The molecule has 16 heavy (non-hydrogen) atoms. The summed E-state index contributed by atoms with van der Waals surface area (Å²) in [6.45, 7) is 3.01. The van der Waals surface area contributed by atoms with Crippen LogP contribution in [-0.2, 0) is 6.42 Å². The van der Waals surface area contributed by atoms with Crippen molar-refractivity contribution in [3.63, 3.8) is 0 Å². The lowest BCUT2D eigenvalue weighted by molar-refractivity contribution is 0.349. The maximum Gasteiger partial charge on any atom is 0.127 e. The molecule has 1 saturated carbocycles. The SMILES string of the molecule is CC1CC1C(N)c1cc(Cl)cc2c1OCC2. The second kappa shape index (κ2) is 3.64. The molecule has 1 fully saturated rings. The van der Waals surface area contributed by atoms with Crippen LogP contribution in [0.3, 0.4) is 0 Å². The highest BCUT2D eigenvalue weighted by molar-refractivity contribution is 6.30. The van der Waals surface area contributed by atoms with E-state index in [4.69, 9.17) is 22.1 Å². The van der Waals surface area contributed by atoms with Gasteiger partial charge in [-0.25, -0.2) is 0 Å². The van der Waals surface area contributed by atoms with Crippen LogP contribution in [0.15, 0.2) is 12.1 Å². The zero-order valence-corrected chi connectivity index (χ0v) is 10.1. The molecule has 3 rings (SSSR count). The molecule has 0 spiro atoms. The Morgan fingerprint density at radius 2 is 2.25 bits per heavy atom. The van der Waals surface area contributed by atoms with Crippen molar-refractivity contribution in [1.29, 1.82) is 0 Å². The molecule has 1 aliphatic heterocycles. The number of rotatable bonds is 2. The van der Waals surface area contributed by atoms with E-state index >= 15 is 0 Å². The molecular formula is C13H16ClNO. The van der Waals surface area contributed by atoms with E-state index in [0.29, 0.717) is 5.92 Å². The highest BCUT2D eigenvalue weighted by Crippen LogP contribution is 2.49. The molecule has 1 aliphatic carbocycles. The highest BCUT2D eigenvalue weighted by atomic mass is 35.5. The Balaban J connectivity index is 1.99. The van der Waals surface area contributed by atoms with Gasteiger partial charge in [-0.15, -0.1) is 0 Å². The van der Waals surface area contributed by atoms with Gasteiger partial charge in [0, 0.05) is 23.0 Å². The van der Waals surface area contributed by atoms with Gasteiger partial charge in [0.2, 0.25) is 0 Å². The highest BCUT2D eigenvalue weighted by Gasteiger charge is 2.40. The predicted molar refractivity (Wildman–Crippen MR) is 64.9 cm³/mol. The number of halogens is 1. The van der Waals surface area contributed by atoms with Crippen LogP contribution in [0.4, 0.5) is 0 Å². The lowest BCUT2D eigenvalue weighted by atomic mass is 9.98. The molecule has 3 unspecified atom stereocenters. The Morgan fingerprint density at radius 3 is 2.94 bits per heavy atom. The maximum absolute atomic E-state index is 6.29. The van der Waals surface area contributed by atoms with Crippen LogP contribution in [0.1, 0.15) is 30.5 Å². The molecule has 1 aromatic rings. The van der Waals surface area contributed by atoms with Gasteiger partial charge in [-0.2, -0.15) is 0 Å². The van der Waals surface area contributed by atoms with Crippen LogP contribution >= 0.6 is 11.6 Å². The van der Waals surface area contributed by atoms with E-state index in [2.05, 4.69) is 6.92 Å². The van der Waals surface area contributed by atoms with E-state index in [-0.39, 0.29) is 6.04 Å². The summed E-state index contributed by atoms with van der Waals surface area (Å²) < 4.78 is 5.68. The molecular weight excluding hydrogens is 222 g/mol. The summed E-state index contributed by atoms with van der Waals surface area (Å²) in [5, 5.41) is 0.781. The van der Waals surface area contributed by atoms with Gasteiger partial charge in [-0.3, -0.25) is 0 Å². The van der Waals surface area contributed by atoms with E-state index in [1.54, 1.807) is 0 Å². The van der Waals surface area contributed by atoms with Crippen molar-refractivity contribution in [3.05, 3.63) is 28.3 Å². The van der Waals surface area contributed by atoms with Gasteiger partial charge >= 0.3 is 0 Å². The Labute approximate surface area is 101 Å². The van der Waals surface area contributed by atoms with Crippen molar-refractivity contribution >= 4 is 11.6 Å². The third-order valence-electron chi connectivity index (χ3n) is 3.77. The van der Waals surface area contributed by atoms with Crippen molar-refractivity contribution in [1.82, 2.24) is 0 Å². The molecule has 2 N–H and O–H groups in total. The Kier molecular flexibility index (Phi) is 2.37. The predicted octanol–water partition coefficient (Wildman–Crippen LogP) is 2.93. The standard InChI is InChI=1S/C13H16ClNO/c1-7-4-10(7)12(15)11-6-9(14)5-8-2-3-16-13(8)11/h5-7,10,12H,2-4,15H2,1H3. The smallest absolute Gasteiger partial charge is 0.127 e.